The third kappa shape index (κ3) is 3.26. The molecule has 1 aromatic heterocycles. The highest BCUT2D eigenvalue weighted by Crippen LogP contribution is 2.29. The summed E-state index contributed by atoms with van der Waals surface area (Å²) >= 11 is 0. The van der Waals surface area contributed by atoms with Crippen molar-refractivity contribution in [3.8, 4) is 0 Å². The summed E-state index contributed by atoms with van der Waals surface area (Å²) in [6.45, 7) is 2.92. The van der Waals surface area contributed by atoms with Gasteiger partial charge < -0.3 is 20.0 Å². The average Bonchev–Trinajstić information content (AvgIpc) is 2.92. The van der Waals surface area contributed by atoms with Gasteiger partial charge in [-0.15, -0.1) is 0 Å². The Bertz CT molecular complexity index is 685. The largest absolute Gasteiger partial charge is 0.451 e. The lowest BCUT2D eigenvalue weighted by Crippen LogP contribution is -2.40. The van der Waals surface area contributed by atoms with Gasteiger partial charge in [-0.25, -0.2) is 0 Å². The number of hydrogen-bond acceptors (Lipinski definition) is 4. The van der Waals surface area contributed by atoms with Gasteiger partial charge in [0.2, 0.25) is 0 Å². The van der Waals surface area contributed by atoms with Crippen molar-refractivity contribution < 1.29 is 9.21 Å². The minimum atomic E-state index is 0.00789. The van der Waals surface area contributed by atoms with Crippen LogP contribution in [0.4, 0.5) is 0 Å². The summed E-state index contributed by atoms with van der Waals surface area (Å²) in [4.78, 5) is 16.9. The first kappa shape index (κ1) is 16.0. The first-order chi connectivity index (χ1) is 11.1. The highest BCUT2D eigenvalue weighted by molar-refractivity contribution is 5.99. The number of carbonyl (C=O) groups excluding carboxylic acids is 1. The topological polar surface area (TPSA) is 62.7 Å². The Morgan fingerprint density at radius 3 is 2.65 bits per heavy atom. The van der Waals surface area contributed by atoms with Crippen molar-refractivity contribution in [2.75, 3.05) is 33.7 Å². The lowest BCUT2D eigenvalue weighted by molar-refractivity contribution is 0.0661. The van der Waals surface area contributed by atoms with Crippen LogP contribution in [0.15, 0.2) is 28.7 Å². The summed E-state index contributed by atoms with van der Waals surface area (Å²) in [6.07, 6.45) is 1.96. The minimum Gasteiger partial charge on any atom is -0.451 e. The van der Waals surface area contributed by atoms with E-state index in [1.807, 2.05) is 43.3 Å². The second-order valence-corrected chi connectivity index (χ2v) is 6.61. The maximum atomic E-state index is 12.9. The number of hydrogen-bond donors (Lipinski definition) is 1. The Balaban J connectivity index is 1.90. The van der Waals surface area contributed by atoms with Crippen LogP contribution in [-0.4, -0.2) is 49.4 Å². The molecular formula is C18H25N3O2. The van der Waals surface area contributed by atoms with Crippen molar-refractivity contribution in [1.29, 1.82) is 0 Å². The Labute approximate surface area is 137 Å². The highest BCUT2D eigenvalue weighted by Gasteiger charge is 2.28. The van der Waals surface area contributed by atoms with Gasteiger partial charge in [-0.2, -0.15) is 0 Å². The summed E-state index contributed by atoms with van der Waals surface area (Å²) in [5.74, 6) is 1.04. The minimum absolute atomic E-state index is 0.00789. The van der Waals surface area contributed by atoms with Crippen LogP contribution in [0.3, 0.4) is 0 Å². The molecule has 23 heavy (non-hydrogen) atoms. The molecule has 0 unspecified atom stereocenters. The standard InChI is InChI=1S/C18H25N3O2/c1-20(2)12-15-14-5-3-4-6-16(14)23-17(15)18(22)21-9-7-13(11-19)8-10-21/h3-6,13H,7-12,19H2,1-2H3. The smallest absolute Gasteiger partial charge is 0.289 e. The van der Waals surface area contributed by atoms with Gasteiger partial charge in [-0.1, -0.05) is 18.2 Å². The van der Waals surface area contributed by atoms with Crippen molar-refractivity contribution in [3.63, 3.8) is 0 Å². The lowest BCUT2D eigenvalue weighted by Gasteiger charge is -2.31. The van der Waals surface area contributed by atoms with E-state index in [0.717, 1.165) is 42.5 Å². The van der Waals surface area contributed by atoms with Gasteiger partial charge in [0.1, 0.15) is 5.58 Å². The molecule has 0 atom stereocenters. The van der Waals surface area contributed by atoms with Crippen LogP contribution in [-0.2, 0) is 6.54 Å². The summed E-state index contributed by atoms with van der Waals surface area (Å²) in [7, 11) is 4.01. The van der Waals surface area contributed by atoms with Gasteiger partial charge >= 0.3 is 0 Å². The van der Waals surface area contributed by atoms with Crippen LogP contribution in [0.5, 0.6) is 0 Å². The number of carbonyl (C=O) groups is 1. The Hall–Kier alpha value is -1.85. The van der Waals surface area contributed by atoms with E-state index < -0.39 is 0 Å². The quantitative estimate of drug-likeness (QED) is 0.940. The predicted octanol–water partition coefficient (Wildman–Crippen LogP) is 2.31. The molecule has 0 radical (unpaired) electrons. The molecule has 5 nitrogen and oxygen atoms in total. The molecule has 1 aliphatic rings. The van der Waals surface area contributed by atoms with Gasteiger partial charge in [-0.05, 0) is 45.5 Å². The van der Waals surface area contributed by atoms with Crippen molar-refractivity contribution in [3.05, 3.63) is 35.6 Å². The molecule has 0 bridgehead atoms. The highest BCUT2D eigenvalue weighted by atomic mass is 16.3. The van der Waals surface area contributed by atoms with Crippen molar-refractivity contribution in [1.82, 2.24) is 9.80 Å². The van der Waals surface area contributed by atoms with E-state index in [4.69, 9.17) is 10.2 Å². The zero-order valence-corrected chi connectivity index (χ0v) is 13.9. The third-order valence-corrected chi connectivity index (χ3v) is 4.60. The number of amides is 1. The second kappa shape index (κ2) is 6.72. The molecule has 1 aromatic carbocycles. The summed E-state index contributed by atoms with van der Waals surface area (Å²) < 4.78 is 5.93. The number of para-hydroxylation sites is 1. The number of likely N-dealkylation sites (tertiary alicyclic amines) is 1. The Kier molecular flexibility index (Phi) is 4.68. The van der Waals surface area contributed by atoms with Crippen LogP contribution >= 0.6 is 0 Å². The van der Waals surface area contributed by atoms with E-state index in [9.17, 15) is 4.79 Å². The van der Waals surface area contributed by atoms with Crippen LogP contribution in [0, 0.1) is 5.92 Å². The van der Waals surface area contributed by atoms with Gasteiger partial charge in [0.15, 0.2) is 5.76 Å². The molecule has 3 rings (SSSR count). The molecule has 124 valence electrons. The van der Waals surface area contributed by atoms with E-state index in [1.54, 1.807) is 0 Å². The fourth-order valence-corrected chi connectivity index (χ4v) is 3.26. The van der Waals surface area contributed by atoms with Gasteiger partial charge in [0.05, 0.1) is 0 Å². The molecule has 2 heterocycles. The zero-order valence-electron chi connectivity index (χ0n) is 13.9. The SMILES string of the molecule is CN(C)Cc1c(C(=O)N2CCC(CN)CC2)oc2ccccc12. The van der Waals surface area contributed by atoms with E-state index in [0.29, 0.717) is 24.8 Å². The van der Waals surface area contributed by atoms with E-state index >= 15 is 0 Å². The fraction of sp³-hybridized carbons (Fsp3) is 0.500. The van der Waals surface area contributed by atoms with Gasteiger partial charge in [-0.3, -0.25) is 4.79 Å². The van der Waals surface area contributed by atoms with E-state index in [2.05, 4.69) is 4.90 Å². The Morgan fingerprint density at radius 2 is 2.00 bits per heavy atom. The third-order valence-electron chi connectivity index (χ3n) is 4.60. The number of benzene rings is 1. The maximum absolute atomic E-state index is 12.9. The normalized spacial score (nSPS) is 16.4. The molecule has 1 fully saturated rings. The molecule has 5 heteroatoms. The number of rotatable bonds is 4. The van der Waals surface area contributed by atoms with Crippen molar-refractivity contribution in [2.24, 2.45) is 11.7 Å². The van der Waals surface area contributed by atoms with Crippen LogP contribution in [0.1, 0.15) is 29.0 Å². The lowest BCUT2D eigenvalue weighted by atomic mass is 9.97. The maximum Gasteiger partial charge on any atom is 0.289 e. The van der Waals surface area contributed by atoms with Gasteiger partial charge in [0, 0.05) is 30.6 Å². The number of nitrogens with zero attached hydrogens (tertiary/aromatic N) is 2. The summed E-state index contributed by atoms with van der Waals surface area (Å²) in [6, 6.07) is 7.87. The number of nitrogens with two attached hydrogens (primary N) is 1. The molecular weight excluding hydrogens is 290 g/mol. The molecule has 1 aliphatic heterocycles. The summed E-state index contributed by atoms with van der Waals surface area (Å²) in [5.41, 5.74) is 7.50. The fourth-order valence-electron chi connectivity index (χ4n) is 3.26. The van der Waals surface area contributed by atoms with Crippen LogP contribution < -0.4 is 5.73 Å². The zero-order chi connectivity index (χ0) is 16.4. The van der Waals surface area contributed by atoms with E-state index in [1.165, 1.54) is 0 Å². The molecule has 0 aliphatic carbocycles. The molecule has 0 saturated carbocycles. The average molecular weight is 315 g/mol. The first-order valence-corrected chi connectivity index (χ1v) is 8.24. The predicted molar refractivity (Wildman–Crippen MR) is 91.3 cm³/mol. The number of furan rings is 1. The summed E-state index contributed by atoms with van der Waals surface area (Å²) in [5, 5.41) is 1.03. The first-order valence-electron chi connectivity index (χ1n) is 8.24. The molecule has 2 N–H and O–H groups in total. The molecule has 2 aromatic rings. The van der Waals surface area contributed by atoms with Crippen molar-refractivity contribution in [2.45, 2.75) is 19.4 Å². The second-order valence-electron chi connectivity index (χ2n) is 6.61. The van der Waals surface area contributed by atoms with Crippen LogP contribution in [0.25, 0.3) is 11.0 Å². The monoisotopic (exact) mass is 315 g/mol. The number of fused-ring (bicyclic) bond motifs is 1. The van der Waals surface area contributed by atoms with Gasteiger partial charge in [0.25, 0.3) is 5.91 Å². The van der Waals surface area contributed by atoms with Crippen molar-refractivity contribution >= 4 is 16.9 Å². The van der Waals surface area contributed by atoms with Crippen LogP contribution in [0.2, 0.25) is 0 Å². The molecule has 0 spiro atoms. The number of piperidine rings is 1. The molecule has 1 amide bonds. The van der Waals surface area contributed by atoms with E-state index in [-0.39, 0.29) is 5.91 Å². The molecule has 1 saturated heterocycles. The Morgan fingerprint density at radius 1 is 1.30 bits per heavy atom.